The Labute approximate surface area is 168 Å². The highest BCUT2D eigenvalue weighted by molar-refractivity contribution is 6.99. The van der Waals surface area contributed by atoms with Crippen LogP contribution >= 0.6 is 11.6 Å². The van der Waals surface area contributed by atoms with Crippen LogP contribution in [0.1, 0.15) is 32.2 Å². The van der Waals surface area contributed by atoms with Crippen LogP contribution in [0, 0.1) is 0 Å². The highest BCUT2D eigenvalue weighted by Gasteiger charge is 2.50. The fourth-order valence-corrected chi connectivity index (χ4v) is 8.37. The number of alkyl halides is 1. The zero-order valence-corrected chi connectivity index (χ0v) is 18.2. The Hall–Kier alpha value is -1.88. The smallest absolute Gasteiger partial charge is 0.261 e. The van der Waals surface area contributed by atoms with Gasteiger partial charge in [-0.3, -0.25) is 4.68 Å². The molecule has 0 N–H and O–H groups in total. The van der Waals surface area contributed by atoms with E-state index >= 15 is 0 Å². The summed E-state index contributed by atoms with van der Waals surface area (Å²) < 4.78 is 8.80. The second-order valence-corrected chi connectivity index (χ2v) is 12.4. The number of rotatable bonds is 6. The van der Waals surface area contributed by atoms with Crippen molar-refractivity contribution in [2.45, 2.75) is 38.3 Å². The van der Waals surface area contributed by atoms with Crippen LogP contribution in [-0.4, -0.2) is 18.1 Å². The Balaban J connectivity index is 2.10. The third kappa shape index (κ3) is 3.88. The van der Waals surface area contributed by atoms with Gasteiger partial charge in [-0.15, -0.1) is 11.6 Å². The topological polar surface area (TPSA) is 27.1 Å². The first kappa shape index (κ1) is 19.9. The maximum Gasteiger partial charge on any atom is 0.261 e. The predicted octanol–water partition coefficient (Wildman–Crippen LogP) is 4.24. The lowest BCUT2D eigenvalue weighted by molar-refractivity contribution is 0.276. The van der Waals surface area contributed by atoms with Gasteiger partial charge >= 0.3 is 0 Å². The molecule has 0 spiro atoms. The van der Waals surface area contributed by atoms with Crippen LogP contribution in [0.5, 0.6) is 0 Å². The molecule has 2 aromatic carbocycles. The first-order valence-electron chi connectivity index (χ1n) is 9.21. The first-order valence-corrected chi connectivity index (χ1v) is 11.7. The van der Waals surface area contributed by atoms with E-state index in [-0.39, 0.29) is 5.04 Å². The minimum absolute atomic E-state index is 0.0381. The number of aromatic nitrogens is 2. The molecule has 0 saturated heterocycles. The second kappa shape index (κ2) is 8.01. The molecule has 0 amide bonds. The highest BCUT2D eigenvalue weighted by Crippen LogP contribution is 2.37. The predicted molar refractivity (Wildman–Crippen MR) is 115 cm³/mol. The van der Waals surface area contributed by atoms with Crippen molar-refractivity contribution in [3.8, 4) is 0 Å². The molecule has 1 heterocycles. The zero-order chi connectivity index (χ0) is 19.5. The second-order valence-electron chi connectivity index (χ2n) is 7.84. The van der Waals surface area contributed by atoms with Gasteiger partial charge in [0, 0.05) is 7.05 Å². The summed E-state index contributed by atoms with van der Waals surface area (Å²) in [6, 6.07) is 23.4. The molecule has 0 radical (unpaired) electrons. The zero-order valence-electron chi connectivity index (χ0n) is 16.4. The quantitative estimate of drug-likeness (QED) is 0.458. The molecular weight excluding hydrogens is 372 g/mol. The standard InChI is InChI=1S/C22H27ClN2OSi/c1-22(2,3)27(20-11-7-5-8-12-20,21-13-9-6-10-14-21)26-17-19-15-18(16-23)24-25(19)4/h5-15H,16-17H2,1-4H3. The molecule has 0 bridgehead atoms. The van der Waals surface area contributed by atoms with Crippen molar-refractivity contribution < 1.29 is 4.43 Å². The molecule has 5 heteroatoms. The van der Waals surface area contributed by atoms with Gasteiger partial charge in [-0.05, 0) is 21.5 Å². The van der Waals surface area contributed by atoms with E-state index in [2.05, 4.69) is 86.5 Å². The van der Waals surface area contributed by atoms with E-state index in [0.717, 1.165) is 11.4 Å². The van der Waals surface area contributed by atoms with Gasteiger partial charge in [0.25, 0.3) is 8.32 Å². The van der Waals surface area contributed by atoms with Crippen LogP contribution in [0.15, 0.2) is 66.7 Å². The van der Waals surface area contributed by atoms with Crippen molar-refractivity contribution in [2.75, 3.05) is 0 Å². The molecule has 3 nitrogen and oxygen atoms in total. The Morgan fingerprint density at radius 3 is 1.89 bits per heavy atom. The average molecular weight is 399 g/mol. The van der Waals surface area contributed by atoms with Crippen LogP contribution in [0.4, 0.5) is 0 Å². The van der Waals surface area contributed by atoms with Gasteiger partial charge in [0.2, 0.25) is 0 Å². The molecule has 0 aliphatic heterocycles. The van der Waals surface area contributed by atoms with E-state index in [1.165, 1.54) is 10.4 Å². The van der Waals surface area contributed by atoms with Crippen LogP contribution < -0.4 is 10.4 Å². The fourth-order valence-electron chi connectivity index (χ4n) is 3.72. The lowest BCUT2D eigenvalue weighted by Crippen LogP contribution is -2.66. The van der Waals surface area contributed by atoms with Crippen molar-refractivity contribution in [3.63, 3.8) is 0 Å². The van der Waals surface area contributed by atoms with Gasteiger partial charge in [-0.2, -0.15) is 5.10 Å². The maximum absolute atomic E-state index is 6.93. The van der Waals surface area contributed by atoms with E-state index in [4.69, 9.17) is 16.0 Å². The molecule has 27 heavy (non-hydrogen) atoms. The molecular formula is C22H27ClN2OSi. The molecule has 1 aromatic heterocycles. The molecule has 3 rings (SSSR count). The largest absolute Gasteiger partial charge is 0.402 e. The Bertz CT molecular complexity index is 833. The van der Waals surface area contributed by atoms with E-state index < -0.39 is 8.32 Å². The molecule has 0 atom stereocenters. The van der Waals surface area contributed by atoms with Gasteiger partial charge in [-0.25, -0.2) is 0 Å². The molecule has 142 valence electrons. The fraction of sp³-hybridized carbons (Fsp3) is 0.318. The van der Waals surface area contributed by atoms with Crippen molar-refractivity contribution in [1.29, 1.82) is 0 Å². The van der Waals surface area contributed by atoms with Crippen LogP contribution in [0.3, 0.4) is 0 Å². The highest BCUT2D eigenvalue weighted by atomic mass is 35.5. The molecule has 0 saturated carbocycles. The minimum Gasteiger partial charge on any atom is -0.402 e. The van der Waals surface area contributed by atoms with Crippen molar-refractivity contribution >= 4 is 30.3 Å². The van der Waals surface area contributed by atoms with Gasteiger partial charge in [0.05, 0.1) is 23.9 Å². The number of benzene rings is 2. The monoisotopic (exact) mass is 398 g/mol. The number of nitrogens with zero attached hydrogens (tertiary/aromatic N) is 2. The van der Waals surface area contributed by atoms with E-state index in [1.807, 2.05) is 17.8 Å². The summed E-state index contributed by atoms with van der Waals surface area (Å²) in [7, 11) is -0.586. The number of halogens is 1. The van der Waals surface area contributed by atoms with Crippen LogP contribution in [0.2, 0.25) is 5.04 Å². The van der Waals surface area contributed by atoms with E-state index in [0.29, 0.717) is 12.5 Å². The number of aryl methyl sites for hydroxylation is 1. The van der Waals surface area contributed by atoms with Crippen molar-refractivity contribution in [3.05, 3.63) is 78.1 Å². The molecule has 0 aliphatic carbocycles. The third-order valence-electron chi connectivity index (χ3n) is 5.02. The summed E-state index contributed by atoms with van der Waals surface area (Å²) in [5, 5.41) is 6.98. The summed E-state index contributed by atoms with van der Waals surface area (Å²) in [5.74, 6) is 0.410. The van der Waals surface area contributed by atoms with Gasteiger partial charge in [0.1, 0.15) is 0 Å². The summed E-state index contributed by atoms with van der Waals surface area (Å²) in [6.07, 6.45) is 0. The van der Waals surface area contributed by atoms with E-state index in [1.54, 1.807) is 0 Å². The van der Waals surface area contributed by atoms with E-state index in [9.17, 15) is 0 Å². The van der Waals surface area contributed by atoms with Gasteiger partial charge < -0.3 is 4.43 Å². The third-order valence-corrected chi connectivity index (χ3v) is 10.3. The van der Waals surface area contributed by atoms with Gasteiger partial charge in [-0.1, -0.05) is 81.4 Å². The maximum atomic E-state index is 6.93. The van der Waals surface area contributed by atoms with Crippen LogP contribution in [0.25, 0.3) is 0 Å². The Kier molecular flexibility index (Phi) is 5.89. The Morgan fingerprint density at radius 1 is 0.963 bits per heavy atom. The lowest BCUT2D eigenvalue weighted by atomic mass is 10.2. The summed E-state index contributed by atoms with van der Waals surface area (Å²) in [4.78, 5) is 0. The number of hydrogen-bond donors (Lipinski definition) is 0. The molecule has 0 unspecified atom stereocenters. The molecule has 0 fully saturated rings. The van der Waals surface area contributed by atoms with Gasteiger partial charge in [0.15, 0.2) is 0 Å². The van der Waals surface area contributed by atoms with Crippen molar-refractivity contribution in [1.82, 2.24) is 9.78 Å². The van der Waals surface area contributed by atoms with Crippen LogP contribution in [-0.2, 0) is 24.0 Å². The van der Waals surface area contributed by atoms with Crippen molar-refractivity contribution in [2.24, 2.45) is 7.05 Å². The number of hydrogen-bond acceptors (Lipinski definition) is 2. The summed E-state index contributed by atoms with van der Waals surface area (Å²) in [5.41, 5.74) is 1.92. The first-order chi connectivity index (χ1) is 12.9. The summed E-state index contributed by atoms with van der Waals surface area (Å²) in [6.45, 7) is 7.36. The molecule has 0 aliphatic rings. The normalized spacial score (nSPS) is 12.3. The molecule has 3 aromatic rings. The SMILES string of the molecule is Cn1nc(CCl)cc1CO[Si](c1ccccc1)(c1ccccc1)C(C)(C)C. The Morgan fingerprint density at radius 2 is 1.48 bits per heavy atom. The minimum atomic E-state index is -2.53. The lowest BCUT2D eigenvalue weighted by Gasteiger charge is -2.43. The summed E-state index contributed by atoms with van der Waals surface area (Å²) >= 11 is 5.96. The average Bonchev–Trinajstić information content (AvgIpc) is 3.03.